The topological polar surface area (TPSA) is 96.6 Å². The molecule has 2 aliphatic rings. The van der Waals surface area contributed by atoms with Crippen LogP contribution in [0.15, 0.2) is 47.3 Å². The van der Waals surface area contributed by atoms with Gasteiger partial charge < -0.3 is 24.7 Å². The van der Waals surface area contributed by atoms with Crippen LogP contribution in [0.4, 0.5) is 4.79 Å². The molecule has 2 aromatic carbocycles. The number of ether oxygens (including phenoxy) is 2. The second kappa shape index (κ2) is 8.90. The number of hydrogen-bond donors (Lipinski definition) is 2. The number of aromatic amines is 1. The second-order valence-corrected chi connectivity index (χ2v) is 8.36. The molecule has 8 nitrogen and oxygen atoms in total. The minimum atomic E-state index is -0.207. The van der Waals surface area contributed by atoms with Crippen LogP contribution in [0.2, 0.25) is 0 Å². The summed E-state index contributed by atoms with van der Waals surface area (Å²) in [4.78, 5) is 34.8. The van der Waals surface area contributed by atoms with Gasteiger partial charge in [0.1, 0.15) is 5.82 Å². The lowest BCUT2D eigenvalue weighted by Gasteiger charge is -2.28. The quantitative estimate of drug-likeness (QED) is 0.638. The lowest BCUT2D eigenvalue weighted by atomic mass is 9.96. The largest absolute Gasteiger partial charge is 0.454 e. The summed E-state index contributed by atoms with van der Waals surface area (Å²) < 4.78 is 10.9. The van der Waals surface area contributed by atoms with Gasteiger partial charge in [0.05, 0.1) is 17.4 Å². The van der Waals surface area contributed by atoms with Crippen molar-refractivity contribution in [1.82, 2.24) is 20.2 Å². The predicted octanol–water partition coefficient (Wildman–Crippen LogP) is 3.70. The number of amides is 2. The first-order valence-corrected chi connectivity index (χ1v) is 11.1. The van der Waals surface area contributed by atoms with Crippen molar-refractivity contribution in [3.63, 3.8) is 0 Å². The van der Waals surface area contributed by atoms with E-state index in [1.807, 2.05) is 30.3 Å². The average molecular weight is 434 g/mol. The summed E-state index contributed by atoms with van der Waals surface area (Å²) in [5, 5.41) is 3.71. The van der Waals surface area contributed by atoms with E-state index < -0.39 is 0 Å². The van der Waals surface area contributed by atoms with E-state index in [0.29, 0.717) is 34.8 Å². The SMILES string of the molecule is O=C(NC1CCCCC1)N(Cc1ccc2c(c1)OCO2)Cc1nc2ccccc2c(=O)[nH]1. The Labute approximate surface area is 185 Å². The Morgan fingerprint density at radius 1 is 1.06 bits per heavy atom. The fourth-order valence-corrected chi connectivity index (χ4v) is 4.36. The van der Waals surface area contributed by atoms with Gasteiger partial charge in [-0.1, -0.05) is 37.5 Å². The van der Waals surface area contributed by atoms with Gasteiger partial charge in [-0.15, -0.1) is 0 Å². The van der Waals surface area contributed by atoms with Crippen molar-refractivity contribution >= 4 is 16.9 Å². The summed E-state index contributed by atoms with van der Waals surface area (Å²) in [6.07, 6.45) is 5.47. The number of hydrogen-bond acceptors (Lipinski definition) is 5. The Morgan fingerprint density at radius 3 is 2.75 bits per heavy atom. The van der Waals surface area contributed by atoms with Crippen molar-refractivity contribution < 1.29 is 14.3 Å². The lowest BCUT2D eigenvalue weighted by molar-refractivity contribution is 0.173. The van der Waals surface area contributed by atoms with Gasteiger partial charge in [0.2, 0.25) is 6.79 Å². The highest BCUT2D eigenvalue weighted by Crippen LogP contribution is 2.33. The number of H-pyrrole nitrogens is 1. The molecule has 0 spiro atoms. The zero-order chi connectivity index (χ0) is 21.9. The molecule has 2 heterocycles. The van der Waals surface area contributed by atoms with E-state index in [9.17, 15) is 9.59 Å². The van der Waals surface area contributed by atoms with Crippen molar-refractivity contribution in [2.75, 3.05) is 6.79 Å². The zero-order valence-corrected chi connectivity index (χ0v) is 17.8. The van der Waals surface area contributed by atoms with Crippen molar-refractivity contribution in [2.45, 2.75) is 51.2 Å². The van der Waals surface area contributed by atoms with Gasteiger partial charge >= 0.3 is 6.03 Å². The van der Waals surface area contributed by atoms with Crippen molar-refractivity contribution in [3.05, 3.63) is 64.2 Å². The molecule has 166 valence electrons. The Kier molecular flexibility index (Phi) is 5.66. The third-order valence-electron chi connectivity index (χ3n) is 6.03. The van der Waals surface area contributed by atoms with E-state index in [4.69, 9.17) is 9.47 Å². The number of fused-ring (bicyclic) bond motifs is 2. The summed E-state index contributed by atoms with van der Waals surface area (Å²) in [6.45, 7) is 0.742. The van der Waals surface area contributed by atoms with Crippen molar-refractivity contribution in [2.24, 2.45) is 0 Å². The molecule has 2 N–H and O–H groups in total. The fourth-order valence-electron chi connectivity index (χ4n) is 4.36. The molecule has 8 heteroatoms. The number of nitrogens with zero attached hydrogens (tertiary/aromatic N) is 2. The molecule has 1 aliphatic carbocycles. The summed E-state index contributed by atoms with van der Waals surface area (Å²) in [6, 6.07) is 12.9. The molecule has 5 rings (SSSR count). The molecule has 1 aromatic heterocycles. The number of nitrogens with one attached hydrogen (secondary N) is 2. The molecule has 0 unspecified atom stereocenters. The van der Waals surface area contributed by atoms with Gasteiger partial charge in [-0.2, -0.15) is 0 Å². The molecule has 0 atom stereocenters. The smallest absolute Gasteiger partial charge is 0.318 e. The maximum atomic E-state index is 13.2. The first kappa shape index (κ1) is 20.4. The summed E-state index contributed by atoms with van der Waals surface area (Å²) in [5.74, 6) is 1.83. The molecule has 32 heavy (non-hydrogen) atoms. The number of carbonyl (C=O) groups is 1. The second-order valence-electron chi connectivity index (χ2n) is 8.36. The Bertz CT molecular complexity index is 1190. The van der Waals surface area contributed by atoms with Gasteiger partial charge in [0.25, 0.3) is 5.56 Å². The molecular formula is C24H26N4O4. The van der Waals surface area contributed by atoms with E-state index in [-0.39, 0.29) is 31.0 Å². The monoisotopic (exact) mass is 434 g/mol. The van der Waals surface area contributed by atoms with Gasteiger partial charge in [-0.05, 0) is 42.7 Å². The highest BCUT2D eigenvalue weighted by atomic mass is 16.7. The number of rotatable bonds is 5. The van der Waals surface area contributed by atoms with E-state index >= 15 is 0 Å². The van der Waals surface area contributed by atoms with E-state index in [0.717, 1.165) is 31.2 Å². The van der Waals surface area contributed by atoms with Crippen LogP contribution in [0.5, 0.6) is 11.5 Å². The normalized spacial score (nSPS) is 15.6. The van der Waals surface area contributed by atoms with Gasteiger partial charge in [0.15, 0.2) is 11.5 Å². The number of benzene rings is 2. The molecule has 1 aliphatic heterocycles. The van der Waals surface area contributed by atoms with E-state index in [2.05, 4.69) is 15.3 Å². The van der Waals surface area contributed by atoms with Crippen LogP contribution in [-0.2, 0) is 13.1 Å². The molecule has 0 saturated heterocycles. The van der Waals surface area contributed by atoms with Crippen LogP contribution in [0, 0.1) is 0 Å². The van der Waals surface area contributed by atoms with E-state index in [1.54, 1.807) is 17.0 Å². The Hall–Kier alpha value is -3.55. The van der Waals surface area contributed by atoms with Crippen molar-refractivity contribution in [3.8, 4) is 11.5 Å². The Morgan fingerprint density at radius 2 is 1.88 bits per heavy atom. The van der Waals surface area contributed by atoms with Crippen LogP contribution in [0.1, 0.15) is 43.5 Å². The van der Waals surface area contributed by atoms with Crippen LogP contribution in [-0.4, -0.2) is 33.7 Å². The number of carbonyl (C=O) groups excluding carboxylic acids is 1. The lowest BCUT2D eigenvalue weighted by Crippen LogP contribution is -2.45. The third kappa shape index (κ3) is 4.39. The van der Waals surface area contributed by atoms with Crippen molar-refractivity contribution in [1.29, 1.82) is 0 Å². The summed E-state index contributed by atoms with van der Waals surface area (Å²) >= 11 is 0. The summed E-state index contributed by atoms with van der Waals surface area (Å²) in [5.41, 5.74) is 1.32. The van der Waals surface area contributed by atoms with Crippen LogP contribution in [0.25, 0.3) is 10.9 Å². The zero-order valence-electron chi connectivity index (χ0n) is 17.8. The molecule has 1 fully saturated rings. The van der Waals surface area contributed by atoms with Gasteiger partial charge in [-0.3, -0.25) is 4.79 Å². The number of urea groups is 1. The highest BCUT2D eigenvalue weighted by molar-refractivity contribution is 5.77. The molecule has 0 bridgehead atoms. The maximum Gasteiger partial charge on any atom is 0.318 e. The minimum absolute atomic E-state index is 0.162. The molecule has 0 radical (unpaired) electrons. The van der Waals surface area contributed by atoms with Crippen LogP contribution >= 0.6 is 0 Å². The fraction of sp³-hybridized carbons (Fsp3) is 0.375. The first-order valence-electron chi connectivity index (χ1n) is 11.1. The van der Waals surface area contributed by atoms with Crippen LogP contribution < -0.4 is 20.3 Å². The number of aromatic nitrogens is 2. The molecule has 3 aromatic rings. The Balaban J connectivity index is 1.40. The standard InChI is InChI=1S/C24H26N4O4/c29-23-18-8-4-5-9-19(18)26-22(27-23)14-28(24(30)25-17-6-2-1-3-7-17)13-16-10-11-20-21(12-16)32-15-31-20/h4-5,8-12,17H,1-3,6-7,13-15H2,(H,25,30)(H,26,27,29). The summed E-state index contributed by atoms with van der Waals surface area (Å²) in [7, 11) is 0. The van der Waals surface area contributed by atoms with Crippen LogP contribution in [0.3, 0.4) is 0 Å². The predicted molar refractivity (Wildman–Crippen MR) is 120 cm³/mol. The molecule has 1 saturated carbocycles. The average Bonchev–Trinajstić information content (AvgIpc) is 3.27. The highest BCUT2D eigenvalue weighted by Gasteiger charge is 2.22. The van der Waals surface area contributed by atoms with Gasteiger partial charge in [-0.25, -0.2) is 9.78 Å². The minimum Gasteiger partial charge on any atom is -0.454 e. The maximum absolute atomic E-state index is 13.2. The van der Waals surface area contributed by atoms with E-state index in [1.165, 1.54) is 6.42 Å². The third-order valence-corrected chi connectivity index (χ3v) is 6.03. The first-order chi connectivity index (χ1) is 15.7. The molecule has 2 amide bonds. The number of para-hydroxylation sites is 1. The molecular weight excluding hydrogens is 408 g/mol. The van der Waals surface area contributed by atoms with Gasteiger partial charge in [0, 0.05) is 12.6 Å².